The number of hydrogen-bond acceptors (Lipinski definition) is 3. The largest absolute Gasteiger partial charge is 0.303 e. The maximum Gasteiger partial charge on any atom is 0.168 e. The summed E-state index contributed by atoms with van der Waals surface area (Å²) in [4.78, 5) is 25.3. The summed E-state index contributed by atoms with van der Waals surface area (Å²) in [5.41, 5.74) is 0.637. The molecule has 0 radical (unpaired) electrons. The minimum Gasteiger partial charge on any atom is -0.303 e. The molecule has 4 heteroatoms. The van der Waals surface area contributed by atoms with Crippen molar-refractivity contribution >= 4 is 12.6 Å². The van der Waals surface area contributed by atoms with Crippen LogP contribution in [0, 0.1) is 11.7 Å². The van der Waals surface area contributed by atoms with Crippen LogP contribution in [-0.2, 0) is 4.79 Å². The van der Waals surface area contributed by atoms with Gasteiger partial charge in [-0.1, -0.05) is 0 Å². The molecular formula is C13H14FNO2. The quantitative estimate of drug-likeness (QED) is 0.756. The van der Waals surface area contributed by atoms with Crippen molar-refractivity contribution in [2.24, 2.45) is 5.92 Å². The number of aromatic nitrogens is 1. The van der Waals surface area contributed by atoms with E-state index in [0.29, 0.717) is 12.0 Å². The summed E-state index contributed by atoms with van der Waals surface area (Å²) in [7, 11) is 0. The zero-order chi connectivity index (χ0) is 12.3. The molecule has 0 saturated heterocycles. The second-order valence-corrected chi connectivity index (χ2v) is 4.47. The number of hydrogen-bond donors (Lipinski definition) is 0. The van der Waals surface area contributed by atoms with Crippen LogP contribution in [0.15, 0.2) is 12.1 Å². The van der Waals surface area contributed by atoms with Gasteiger partial charge in [0.2, 0.25) is 0 Å². The van der Waals surface area contributed by atoms with Gasteiger partial charge in [-0.15, -0.1) is 0 Å². The van der Waals surface area contributed by atoms with Gasteiger partial charge in [0, 0.05) is 11.8 Å². The molecule has 0 bridgehead atoms. The summed E-state index contributed by atoms with van der Waals surface area (Å²) in [6, 6.07) is 2.67. The molecule has 2 rings (SSSR count). The summed E-state index contributed by atoms with van der Waals surface area (Å²) in [6.07, 6.45) is 4.67. The molecule has 0 aromatic carbocycles. The fourth-order valence-electron chi connectivity index (χ4n) is 2.35. The molecular weight excluding hydrogens is 221 g/mol. The fraction of sp³-hybridized carbons (Fsp3) is 0.462. The van der Waals surface area contributed by atoms with Crippen molar-refractivity contribution in [1.29, 1.82) is 0 Å². The molecule has 1 fully saturated rings. The van der Waals surface area contributed by atoms with Crippen molar-refractivity contribution in [3.63, 3.8) is 0 Å². The second kappa shape index (κ2) is 5.17. The van der Waals surface area contributed by atoms with Crippen molar-refractivity contribution in [3.05, 3.63) is 29.3 Å². The van der Waals surface area contributed by atoms with Crippen LogP contribution in [0.3, 0.4) is 0 Å². The molecule has 0 N–H and O–H groups in total. The van der Waals surface area contributed by atoms with Crippen LogP contribution in [0.25, 0.3) is 0 Å². The van der Waals surface area contributed by atoms with E-state index in [0.717, 1.165) is 32.0 Å². The normalized spacial score (nSPS) is 24.3. The lowest BCUT2D eigenvalue weighted by molar-refractivity contribution is -0.111. The van der Waals surface area contributed by atoms with E-state index in [-0.39, 0.29) is 23.3 Å². The molecule has 0 aliphatic heterocycles. The van der Waals surface area contributed by atoms with E-state index >= 15 is 0 Å². The fourth-order valence-corrected chi connectivity index (χ4v) is 2.35. The smallest absolute Gasteiger partial charge is 0.168 e. The maximum atomic E-state index is 13.6. The van der Waals surface area contributed by atoms with Crippen molar-refractivity contribution < 1.29 is 14.0 Å². The van der Waals surface area contributed by atoms with Gasteiger partial charge in [-0.25, -0.2) is 9.37 Å². The Kier molecular flexibility index (Phi) is 3.61. The lowest BCUT2D eigenvalue weighted by atomic mass is 9.81. The van der Waals surface area contributed by atoms with Gasteiger partial charge in [0.05, 0.1) is 5.69 Å². The maximum absolute atomic E-state index is 13.6. The van der Waals surface area contributed by atoms with Crippen molar-refractivity contribution in [2.75, 3.05) is 0 Å². The van der Waals surface area contributed by atoms with Gasteiger partial charge in [0.1, 0.15) is 17.8 Å². The van der Waals surface area contributed by atoms with Crippen LogP contribution in [0.2, 0.25) is 0 Å². The third kappa shape index (κ3) is 2.57. The third-order valence-corrected chi connectivity index (χ3v) is 3.37. The Morgan fingerprint density at radius 1 is 1.18 bits per heavy atom. The zero-order valence-electron chi connectivity index (χ0n) is 9.43. The van der Waals surface area contributed by atoms with Gasteiger partial charge >= 0.3 is 0 Å². The second-order valence-electron chi connectivity index (χ2n) is 4.47. The predicted octanol–water partition coefficient (Wildman–Crippen LogP) is 2.51. The van der Waals surface area contributed by atoms with E-state index in [1.54, 1.807) is 0 Å². The molecule has 1 aliphatic carbocycles. The molecule has 0 unspecified atom stereocenters. The van der Waals surface area contributed by atoms with Crippen molar-refractivity contribution in [2.45, 2.75) is 31.6 Å². The van der Waals surface area contributed by atoms with Gasteiger partial charge in [-0.3, -0.25) is 4.79 Å². The highest BCUT2D eigenvalue weighted by Gasteiger charge is 2.25. The van der Waals surface area contributed by atoms with Crippen LogP contribution in [0.4, 0.5) is 4.39 Å². The third-order valence-electron chi connectivity index (χ3n) is 3.37. The summed E-state index contributed by atoms with van der Waals surface area (Å²) in [5.74, 6) is -0.222. The molecule has 1 aromatic rings. The van der Waals surface area contributed by atoms with Crippen LogP contribution < -0.4 is 0 Å². The van der Waals surface area contributed by atoms with Crippen molar-refractivity contribution in [1.82, 2.24) is 4.98 Å². The first-order valence-electron chi connectivity index (χ1n) is 5.81. The minimum absolute atomic E-state index is 0.0334. The zero-order valence-corrected chi connectivity index (χ0v) is 9.43. The molecule has 0 spiro atoms. The van der Waals surface area contributed by atoms with Gasteiger partial charge < -0.3 is 4.79 Å². The molecule has 90 valence electrons. The first kappa shape index (κ1) is 11.9. The van der Waals surface area contributed by atoms with Crippen LogP contribution in [0.5, 0.6) is 0 Å². The molecule has 3 nitrogen and oxygen atoms in total. The number of aldehydes is 2. The SMILES string of the molecule is O=Cc1ccc(F)c(C2CCC(C=O)CC2)n1. The first-order valence-corrected chi connectivity index (χ1v) is 5.81. The summed E-state index contributed by atoms with van der Waals surface area (Å²) >= 11 is 0. The summed E-state index contributed by atoms with van der Waals surface area (Å²) < 4.78 is 13.6. The molecule has 0 atom stereocenters. The Labute approximate surface area is 99.1 Å². The average molecular weight is 235 g/mol. The van der Waals surface area contributed by atoms with E-state index in [1.165, 1.54) is 12.1 Å². The van der Waals surface area contributed by atoms with Crippen LogP contribution in [0.1, 0.15) is 47.8 Å². The van der Waals surface area contributed by atoms with E-state index in [2.05, 4.69) is 4.98 Å². The number of carbonyl (C=O) groups excluding carboxylic acids is 2. The summed E-state index contributed by atoms with van der Waals surface area (Å²) in [5, 5.41) is 0. The Morgan fingerprint density at radius 3 is 2.47 bits per heavy atom. The molecule has 1 heterocycles. The molecule has 1 aromatic heterocycles. The minimum atomic E-state index is -0.356. The molecule has 1 aliphatic rings. The monoisotopic (exact) mass is 235 g/mol. The standard InChI is InChI=1S/C13H14FNO2/c14-12-6-5-11(8-17)15-13(12)10-3-1-9(7-16)2-4-10/h5-10H,1-4H2. The Hall–Kier alpha value is -1.58. The number of rotatable bonds is 3. The predicted molar refractivity (Wildman–Crippen MR) is 60.3 cm³/mol. The number of pyridine rings is 1. The van der Waals surface area contributed by atoms with E-state index in [4.69, 9.17) is 0 Å². The lowest BCUT2D eigenvalue weighted by Gasteiger charge is -2.25. The number of nitrogens with zero attached hydrogens (tertiary/aromatic N) is 1. The molecule has 0 amide bonds. The Bertz CT molecular complexity index is 425. The van der Waals surface area contributed by atoms with Crippen LogP contribution >= 0.6 is 0 Å². The summed E-state index contributed by atoms with van der Waals surface area (Å²) in [6.45, 7) is 0. The van der Waals surface area contributed by atoms with E-state index in [9.17, 15) is 14.0 Å². The lowest BCUT2D eigenvalue weighted by Crippen LogP contribution is -2.16. The topological polar surface area (TPSA) is 47.0 Å². The van der Waals surface area contributed by atoms with Gasteiger partial charge in [0.15, 0.2) is 6.29 Å². The highest BCUT2D eigenvalue weighted by atomic mass is 19.1. The molecule has 1 saturated carbocycles. The Balaban J connectivity index is 2.17. The average Bonchev–Trinajstić information content (AvgIpc) is 2.39. The van der Waals surface area contributed by atoms with E-state index < -0.39 is 0 Å². The van der Waals surface area contributed by atoms with Gasteiger partial charge in [-0.05, 0) is 37.8 Å². The van der Waals surface area contributed by atoms with Gasteiger partial charge in [0.25, 0.3) is 0 Å². The Morgan fingerprint density at radius 2 is 1.88 bits per heavy atom. The number of halogens is 1. The highest BCUT2D eigenvalue weighted by molar-refractivity contribution is 5.71. The van der Waals surface area contributed by atoms with Gasteiger partial charge in [-0.2, -0.15) is 0 Å². The number of carbonyl (C=O) groups is 2. The van der Waals surface area contributed by atoms with E-state index in [1.807, 2.05) is 0 Å². The molecule has 17 heavy (non-hydrogen) atoms. The highest BCUT2D eigenvalue weighted by Crippen LogP contribution is 2.35. The first-order chi connectivity index (χ1) is 8.24. The van der Waals surface area contributed by atoms with Crippen LogP contribution in [-0.4, -0.2) is 17.6 Å². The van der Waals surface area contributed by atoms with Crippen molar-refractivity contribution in [3.8, 4) is 0 Å².